The summed E-state index contributed by atoms with van der Waals surface area (Å²) >= 11 is 5.18. The number of benzene rings is 1. The van der Waals surface area contributed by atoms with Crippen LogP contribution in [0.1, 0.15) is 16.5 Å². The zero-order valence-electron chi connectivity index (χ0n) is 10.2. The highest BCUT2D eigenvalue weighted by Crippen LogP contribution is 2.25. The summed E-state index contributed by atoms with van der Waals surface area (Å²) in [4.78, 5) is 1.27. The first kappa shape index (κ1) is 13.7. The summed E-state index contributed by atoms with van der Waals surface area (Å²) < 4.78 is 6.66. The van der Waals surface area contributed by atoms with Gasteiger partial charge in [0.2, 0.25) is 0 Å². The molecule has 0 radical (unpaired) electrons. The third-order valence-electron chi connectivity index (χ3n) is 2.83. The Kier molecular flexibility index (Phi) is 4.95. The van der Waals surface area contributed by atoms with Gasteiger partial charge < -0.3 is 10.5 Å². The number of hydrogen-bond acceptors (Lipinski definition) is 3. The molecule has 2 nitrogen and oxygen atoms in total. The summed E-state index contributed by atoms with van der Waals surface area (Å²) in [6.45, 7) is 0. The number of methoxy groups -OCH3 is 1. The van der Waals surface area contributed by atoms with Gasteiger partial charge in [-0.25, -0.2) is 0 Å². The zero-order valence-corrected chi connectivity index (χ0v) is 12.6. The van der Waals surface area contributed by atoms with Gasteiger partial charge in [0.25, 0.3) is 0 Å². The molecule has 0 bridgehead atoms. The van der Waals surface area contributed by atoms with Crippen molar-refractivity contribution in [1.82, 2.24) is 0 Å². The van der Waals surface area contributed by atoms with Gasteiger partial charge in [0.05, 0.1) is 6.10 Å². The molecule has 0 aliphatic heterocycles. The van der Waals surface area contributed by atoms with E-state index in [-0.39, 0.29) is 12.1 Å². The monoisotopic (exact) mass is 325 g/mol. The van der Waals surface area contributed by atoms with Crippen LogP contribution in [0.25, 0.3) is 0 Å². The van der Waals surface area contributed by atoms with Crippen LogP contribution in [0.4, 0.5) is 0 Å². The van der Waals surface area contributed by atoms with Crippen LogP contribution in [-0.4, -0.2) is 13.2 Å². The van der Waals surface area contributed by atoms with Gasteiger partial charge in [-0.05, 0) is 34.0 Å². The SMILES string of the molecule is COC(c1ccccc1)C(N)Cc1cc(Br)cs1. The predicted molar refractivity (Wildman–Crippen MR) is 79.9 cm³/mol. The largest absolute Gasteiger partial charge is 0.375 e. The van der Waals surface area contributed by atoms with Crippen LogP contribution in [0.2, 0.25) is 0 Å². The standard InChI is InChI=1S/C14H16BrNOS/c1-17-14(10-5-3-2-4-6-10)13(16)8-12-7-11(15)9-18-12/h2-7,9,13-14H,8,16H2,1H3. The molecular formula is C14H16BrNOS. The van der Waals surface area contributed by atoms with Gasteiger partial charge in [0.15, 0.2) is 0 Å². The Bertz CT molecular complexity index is 486. The second-order valence-corrected chi connectivity index (χ2v) is 6.08. The van der Waals surface area contributed by atoms with Gasteiger partial charge in [0.1, 0.15) is 0 Å². The Morgan fingerprint density at radius 2 is 2.06 bits per heavy atom. The second kappa shape index (κ2) is 6.48. The molecule has 2 atom stereocenters. The summed E-state index contributed by atoms with van der Waals surface area (Å²) in [7, 11) is 1.71. The van der Waals surface area contributed by atoms with Crippen LogP contribution in [0.15, 0.2) is 46.3 Å². The molecule has 0 saturated carbocycles. The van der Waals surface area contributed by atoms with Gasteiger partial charge in [0, 0.05) is 27.9 Å². The van der Waals surface area contributed by atoms with Gasteiger partial charge in [-0.3, -0.25) is 0 Å². The Morgan fingerprint density at radius 1 is 1.33 bits per heavy atom. The Hall–Kier alpha value is -0.680. The van der Waals surface area contributed by atoms with Crippen molar-refractivity contribution in [2.45, 2.75) is 18.6 Å². The minimum Gasteiger partial charge on any atom is -0.375 e. The number of hydrogen-bond donors (Lipinski definition) is 1. The fourth-order valence-corrected chi connectivity index (χ4v) is 3.52. The summed E-state index contributed by atoms with van der Waals surface area (Å²) in [6, 6.07) is 12.2. The minimum atomic E-state index is -0.0629. The van der Waals surface area contributed by atoms with Crippen LogP contribution in [0.5, 0.6) is 0 Å². The second-order valence-electron chi connectivity index (χ2n) is 4.17. The average Bonchev–Trinajstić information content (AvgIpc) is 2.77. The average molecular weight is 326 g/mol. The topological polar surface area (TPSA) is 35.2 Å². The summed E-state index contributed by atoms with van der Waals surface area (Å²) in [5.41, 5.74) is 7.40. The summed E-state index contributed by atoms with van der Waals surface area (Å²) in [5.74, 6) is 0. The molecule has 0 saturated heterocycles. The van der Waals surface area contributed by atoms with Crippen molar-refractivity contribution in [2.75, 3.05) is 7.11 Å². The zero-order chi connectivity index (χ0) is 13.0. The van der Waals surface area contributed by atoms with E-state index in [1.807, 2.05) is 18.2 Å². The highest BCUT2D eigenvalue weighted by Gasteiger charge is 2.20. The molecule has 1 aromatic heterocycles. The highest BCUT2D eigenvalue weighted by molar-refractivity contribution is 9.10. The van der Waals surface area contributed by atoms with Crippen LogP contribution in [0.3, 0.4) is 0 Å². The Morgan fingerprint density at radius 3 is 2.61 bits per heavy atom. The lowest BCUT2D eigenvalue weighted by Crippen LogP contribution is -2.31. The number of ether oxygens (including phenoxy) is 1. The molecule has 2 aromatic rings. The molecule has 2 N–H and O–H groups in total. The van der Waals surface area contributed by atoms with Crippen LogP contribution in [-0.2, 0) is 11.2 Å². The van der Waals surface area contributed by atoms with E-state index in [9.17, 15) is 0 Å². The lowest BCUT2D eigenvalue weighted by molar-refractivity contribution is 0.0805. The number of rotatable bonds is 5. The molecule has 0 fully saturated rings. The number of thiophene rings is 1. The van der Waals surface area contributed by atoms with Crippen LogP contribution >= 0.6 is 27.3 Å². The van der Waals surface area contributed by atoms with Crippen molar-refractivity contribution in [3.8, 4) is 0 Å². The third kappa shape index (κ3) is 3.42. The fourth-order valence-electron chi connectivity index (χ4n) is 2.00. The van der Waals surface area contributed by atoms with E-state index in [1.165, 1.54) is 4.88 Å². The summed E-state index contributed by atoms with van der Waals surface area (Å²) in [5, 5.41) is 2.08. The number of nitrogens with two attached hydrogens (primary N) is 1. The van der Waals surface area contributed by atoms with E-state index in [4.69, 9.17) is 10.5 Å². The van der Waals surface area contributed by atoms with Gasteiger partial charge in [-0.15, -0.1) is 11.3 Å². The van der Waals surface area contributed by atoms with Crippen molar-refractivity contribution in [3.05, 3.63) is 56.7 Å². The molecule has 18 heavy (non-hydrogen) atoms. The van der Waals surface area contributed by atoms with E-state index >= 15 is 0 Å². The van der Waals surface area contributed by atoms with E-state index in [0.29, 0.717) is 0 Å². The first-order valence-electron chi connectivity index (χ1n) is 5.77. The Labute approximate surface area is 120 Å². The third-order valence-corrected chi connectivity index (χ3v) is 4.55. The lowest BCUT2D eigenvalue weighted by Gasteiger charge is -2.22. The molecule has 0 spiro atoms. The maximum Gasteiger partial charge on any atom is 0.0975 e. The highest BCUT2D eigenvalue weighted by atomic mass is 79.9. The summed E-state index contributed by atoms with van der Waals surface area (Å²) in [6.07, 6.45) is 0.760. The van der Waals surface area contributed by atoms with Crippen LogP contribution in [0, 0.1) is 0 Å². The van der Waals surface area contributed by atoms with E-state index in [1.54, 1.807) is 18.4 Å². The smallest absolute Gasteiger partial charge is 0.0975 e. The van der Waals surface area contributed by atoms with Crippen molar-refractivity contribution in [2.24, 2.45) is 5.73 Å². The molecule has 2 rings (SSSR count). The van der Waals surface area contributed by atoms with Gasteiger partial charge in [-0.1, -0.05) is 30.3 Å². The van der Waals surface area contributed by atoms with Crippen molar-refractivity contribution in [3.63, 3.8) is 0 Å². The molecule has 1 aromatic carbocycles. The van der Waals surface area contributed by atoms with E-state index < -0.39 is 0 Å². The number of halogens is 1. The molecular weight excluding hydrogens is 310 g/mol. The van der Waals surface area contributed by atoms with Gasteiger partial charge >= 0.3 is 0 Å². The maximum absolute atomic E-state index is 6.27. The first-order chi connectivity index (χ1) is 8.70. The molecule has 0 amide bonds. The van der Waals surface area contributed by atoms with E-state index in [2.05, 4.69) is 39.5 Å². The first-order valence-corrected chi connectivity index (χ1v) is 7.44. The molecule has 4 heteroatoms. The predicted octanol–water partition coefficient (Wildman–Crippen LogP) is 3.77. The van der Waals surface area contributed by atoms with Crippen LogP contribution < -0.4 is 5.73 Å². The van der Waals surface area contributed by atoms with Crippen molar-refractivity contribution < 1.29 is 4.74 Å². The lowest BCUT2D eigenvalue weighted by atomic mass is 10.00. The maximum atomic E-state index is 6.27. The molecule has 96 valence electrons. The van der Waals surface area contributed by atoms with E-state index in [0.717, 1.165) is 16.5 Å². The molecule has 0 aliphatic carbocycles. The minimum absolute atomic E-state index is 0.0389. The molecule has 1 heterocycles. The molecule has 2 unspecified atom stereocenters. The fraction of sp³-hybridized carbons (Fsp3) is 0.286. The normalized spacial score (nSPS) is 14.4. The molecule has 0 aliphatic rings. The van der Waals surface area contributed by atoms with Crippen molar-refractivity contribution in [1.29, 1.82) is 0 Å². The Balaban J connectivity index is 2.08. The van der Waals surface area contributed by atoms with Gasteiger partial charge in [-0.2, -0.15) is 0 Å². The van der Waals surface area contributed by atoms with Crippen molar-refractivity contribution >= 4 is 27.3 Å². The quantitative estimate of drug-likeness (QED) is 0.908.